The van der Waals surface area contributed by atoms with E-state index in [1.807, 2.05) is 6.92 Å². The number of hydrogen-bond donors (Lipinski definition) is 0. The zero-order valence-electron chi connectivity index (χ0n) is 14.8. The second kappa shape index (κ2) is 8.43. The fraction of sp³-hybridized carbons (Fsp3) is 0.278. The number of halogens is 2. The molecule has 2 aromatic carbocycles. The van der Waals surface area contributed by atoms with Gasteiger partial charge in [-0.25, -0.2) is 4.79 Å². The zero-order valence-corrected chi connectivity index (χ0v) is 14.8. The number of benzene rings is 2. The summed E-state index contributed by atoms with van der Waals surface area (Å²) in [4.78, 5) is 22.7. The van der Waals surface area contributed by atoms with Gasteiger partial charge in [-0.05, 0) is 31.5 Å². The fourth-order valence-electron chi connectivity index (χ4n) is 2.49. The number of nitro benzene ring substituents is 1. The number of carbonyl (C=O) groups is 1. The number of methoxy groups -OCH3 is 1. The molecule has 0 radical (unpaired) electrons. The van der Waals surface area contributed by atoms with Crippen LogP contribution < -0.4 is 9.47 Å². The van der Waals surface area contributed by atoms with Gasteiger partial charge in [-0.15, -0.1) is 0 Å². The third kappa shape index (κ3) is 4.90. The maximum Gasteiger partial charge on any atom is 0.387 e. The molecule has 0 aliphatic rings. The first kappa shape index (κ1) is 20.1. The van der Waals surface area contributed by atoms with Gasteiger partial charge in [0.2, 0.25) is 0 Å². The number of alkyl halides is 2. The topological polar surface area (TPSA) is 87.9 Å². The van der Waals surface area contributed by atoms with E-state index in [1.165, 1.54) is 7.11 Å². The summed E-state index contributed by atoms with van der Waals surface area (Å²) in [5.41, 5.74) is 1.45. The summed E-state index contributed by atoms with van der Waals surface area (Å²) in [5.74, 6) is -1.28. The highest BCUT2D eigenvalue weighted by molar-refractivity contribution is 5.91. The van der Waals surface area contributed by atoms with E-state index in [0.29, 0.717) is 11.1 Å². The molecule has 0 N–H and O–H groups in total. The van der Waals surface area contributed by atoms with Crippen molar-refractivity contribution in [3.63, 3.8) is 0 Å². The van der Waals surface area contributed by atoms with Gasteiger partial charge in [0.15, 0.2) is 11.5 Å². The molecule has 7 nitrogen and oxygen atoms in total. The van der Waals surface area contributed by atoms with Crippen LogP contribution in [0.4, 0.5) is 14.5 Å². The Balaban J connectivity index is 2.29. The quantitative estimate of drug-likeness (QED) is 0.406. The Hall–Kier alpha value is -3.23. The minimum absolute atomic E-state index is 0.0171. The average molecular weight is 381 g/mol. The van der Waals surface area contributed by atoms with E-state index in [4.69, 9.17) is 9.47 Å². The molecule has 0 aromatic heterocycles. The summed E-state index contributed by atoms with van der Waals surface area (Å²) in [7, 11) is 1.20. The maximum absolute atomic E-state index is 12.5. The number of hydrogen-bond acceptors (Lipinski definition) is 6. The molecule has 0 saturated heterocycles. The van der Waals surface area contributed by atoms with Gasteiger partial charge in [0.1, 0.15) is 6.61 Å². The lowest BCUT2D eigenvalue weighted by Crippen LogP contribution is -2.09. The lowest BCUT2D eigenvalue weighted by atomic mass is 10.1. The van der Waals surface area contributed by atoms with Crippen molar-refractivity contribution in [1.82, 2.24) is 0 Å². The van der Waals surface area contributed by atoms with Crippen LogP contribution in [0.2, 0.25) is 0 Å². The van der Waals surface area contributed by atoms with Gasteiger partial charge in [0.05, 0.1) is 29.2 Å². The molecule has 0 unspecified atom stereocenters. The van der Waals surface area contributed by atoms with Gasteiger partial charge in [0, 0.05) is 0 Å². The molecule has 0 aliphatic carbocycles. The monoisotopic (exact) mass is 381 g/mol. The van der Waals surface area contributed by atoms with Crippen molar-refractivity contribution < 1.29 is 32.7 Å². The van der Waals surface area contributed by atoms with Crippen LogP contribution in [0, 0.1) is 24.0 Å². The van der Waals surface area contributed by atoms with Crippen LogP contribution in [0.3, 0.4) is 0 Å². The molecule has 144 valence electrons. The van der Waals surface area contributed by atoms with Gasteiger partial charge < -0.3 is 14.2 Å². The van der Waals surface area contributed by atoms with Gasteiger partial charge in [0.25, 0.3) is 5.69 Å². The molecule has 2 aromatic rings. The molecule has 27 heavy (non-hydrogen) atoms. The summed E-state index contributed by atoms with van der Waals surface area (Å²) in [6.07, 6.45) is 0. The molecule has 0 fully saturated rings. The summed E-state index contributed by atoms with van der Waals surface area (Å²) < 4.78 is 39.2. The van der Waals surface area contributed by atoms with Gasteiger partial charge in [-0.1, -0.05) is 17.7 Å². The first-order valence-electron chi connectivity index (χ1n) is 7.77. The predicted molar refractivity (Wildman–Crippen MR) is 91.3 cm³/mol. The van der Waals surface area contributed by atoms with E-state index in [0.717, 1.165) is 17.7 Å². The van der Waals surface area contributed by atoms with Crippen molar-refractivity contribution in [2.45, 2.75) is 27.1 Å². The van der Waals surface area contributed by atoms with E-state index in [-0.39, 0.29) is 11.3 Å². The standard InChI is InChI=1S/C18H17F2NO6/c1-10-4-5-13(11(2)6-10)17(22)26-9-12-7-15(25-3)16(27-18(19)20)8-14(12)21(23)24/h4-8,18H,9H2,1-3H3. The van der Waals surface area contributed by atoms with Crippen molar-refractivity contribution in [2.24, 2.45) is 0 Å². The number of carbonyl (C=O) groups excluding carboxylic acids is 1. The number of aryl methyl sites for hydroxylation is 2. The third-order valence-electron chi connectivity index (χ3n) is 3.74. The summed E-state index contributed by atoms with van der Waals surface area (Å²) in [6, 6.07) is 7.09. The number of esters is 1. The van der Waals surface area contributed by atoms with Crippen molar-refractivity contribution in [1.29, 1.82) is 0 Å². The summed E-state index contributed by atoms with van der Waals surface area (Å²) >= 11 is 0. The molecule has 0 bridgehead atoms. The van der Waals surface area contributed by atoms with E-state index in [2.05, 4.69) is 4.74 Å². The number of nitrogens with zero attached hydrogens (tertiary/aromatic N) is 1. The Bertz CT molecular complexity index is 869. The van der Waals surface area contributed by atoms with Gasteiger partial charge in [-0.2, -0.15) is 8.78 Å². The number of nitro groups is 1. The molecule has 9 heteroatoms. The smallest absolute Gasteiger partial charge is 0.387 e. The minimum atomic E-state index is -3.17. The third-order valence-corrected chi connectivity index (χ3v) is 3.74. The first-order chi connectivity index (χ1) is 12.7. The van der Waals surface area contributed by atoms with Crippen molar-refractivity contribution >= 4 is 11.7 Å². The van der Waals surface area contributed by atoms with Crippen LogP contribution in [-0.2, 0) is 11.3 Å². The molecule has 0 amide bonds. The van der Waals surface area contributed by atoms with Crippen LogP contribution in [0.15, 0.2) is 30.3 Å². The number of ether oxygens (including phenoxy) is 3. The first-order valence-corrected chi connectivity index (χ1v) is 7.77. The summed E-state index contributed by atoms with van der Waals surface area (Å²) in [6.45, 7) is 0.00630. The van der Waals surface area contributed by atoms with Crippen molar-refractivity contribution in [3.05, 3.63) is 62.7 Å². The number of rotatable bonds is 7. The van der Waals surface area contributed by atoms with Gasteiger partial charge >= 0.3 is 12.6 Å². The SMILES string of the molecule is COc1cc(COC(=O)c2ccc(C)cc2C)c([N+](=O)[O-])cc1OC(F)F. The molecule has 0 saturated carbocycles. The Morgan fingerprint density at radius 1 is 1.19 bits per heavy atom. The lowest BCUT2D eigenvalue weighted by molar-refractivity contribution is -0.386. The Kier molecular flexibility index (Phi) is 6.27. The van der Waals surface area contributed by atoms with E-state index >= 15 is 0 Å². The van der Waals surface area contributed by atoms with Crippen LogP contribution >= 0.6 is 0 Å². The van der Waals surface area contributed by atoms with Crippen LogP contribution in [0.25, 0.3) is 0 Å². The zero-order chi connectivity index (χ0) is 20.1. The molecular weight excluding hydrogens is 364 g/mol. The van der Waals surface area contributed by atoms with E-state index in [1.54, 1.807) is 25.1 Å². The van der Waals surface area contributed by atoms with Crippen LogP contribution in [0.5, 0.6) is 11.5 Å². The normalized spacial score (nSPS) is 10.6. The average Bonchev–Trinajstić information content (AvgIpc) is 2.59. The Labute approximate surface area is 153 Å². The molecular formula is C18H17F2NO6. The maximum atomic E-state index is 12.5. The molecule has 2 rings (SSSR count). The van der Waals surface area contributed by atoms with E-state index in [9.17, 15) is 23.7 Å². The second-order valence-corrected chi connectivity index (χ2v) is 5.66. The van der Waals surface area contributed by atoms with Crippen molar-refractivity contribution in [3.8, 4) is 11.5 Å². The van der Waals surface area contributed by atoms with E-state index < -0.39 is 35.5 Å². The lowest BCUT2D eigenvalue weighted by Gasteiger charge is -2.13. The summed E-state index contributed by atoms with van der Waals surface area (Å²) in [5, 5.41) is 11.2. The van der Waals surface area contributed by atoms with Crippen LogP contribution in [0.1, 0.15) is 27.0 Å². The Morgan fingerprint density at radius 3 is 2.44 bits per heavy atom. The molecule has 0 heterocycles. The van der Waals surface area contributed by atoms with Crippen LogP contribution in [-0.4, -0.2) is 24.6 Å². The Morgan fingerprint density at radius 2 is 1.89 bits per heavy atom. The fourth-order valence-corrected chi connectivity index (χ4v) is 2.49. The minimum Gasteiger partial charge on any atom is -0.493 e. The molecule has 0 aliphatic heterocycles. The van der Waals surface area contributed by atoms with Crippen molar-refractivity contribution in [2.75, 3.05) is 7.11 Å². The largest absolute Gasteiger partial charge is 0.493 e. The highest BCUT2D eigenvalue weighted by atomic mass is 19.3. The highest BCUT2D eigenvalue weighted by Crippen LogP contribution is 2.36. The van der Waals surface area contributed by atoms with Gasteiger partial charge in [-0.3, -0.25) is 10.1 Å². The molecule has 0 atom stereocenters. The second-order valence-electron chi connectivity index (χ2n) is 5.66. The highest BCUT2D eigenvalue weighted by Gasteiger charge is 2.23. The molecule has 0 spiro atoms. The predicted octanol–water partition coefficient (Wildman–Crippen LogP) is 4.18.